The van der Waals surface area contributed by atoms with Gasteiger partial charge in [-0.1, -0.05) is 0 Å². The number of nitrogens with one attached hydrogen (secondary N) is 1. The molecular weight excluding hydrogens is 267 g/mol. The van der Waals surface area contributed by atoms with Crippen molar-refractivity contribution in [3.63, 3.8) is 0 Å². The van der Waals surface area contributed by atoms with E-state index in [9.17, 15) is 4.79 Å². The van der Waals surface area contributed by atoms with Gasteiger partial charge in [0.1, 0.15) is 0 Å². The van der Waals surface area contributed by atoms with Crippen LogP contribution < -0.4 is 9.91 Å². The van der Waals surface area contributed by atoms with Crippen LogP contribution >= 0.6 is 0 Å². The molecule has 0 bridgehead atoms. The number of anilines is 1. The summed E-state index contributed by atoms with van der Waals surface area (Å²) in [5, 5.41) is 2.80. The fourth-order valence-electron chi connectivity index (χ4n) is 1.28. The number of benzene rings is 1. The number of rotatable bonds is 2. The van der Waals surface area contributed by atoms with E-state index in [2.05, 4.69) is 26.3 Å². The number of nitrogens with zero attached hydrogens (tertiary/aromatic N) is 1. The summed E-state index contributed by atoms with van der Waals surface area (Å²) in [4.78, 5) is 15.9. The summed E-state index contributed by atoms with van der Waals surface area (Å²) >= 11 is 2.77. The van der Waals surface area contributed by atoms with E-state index < -0.39 is 0 Å². The van der Waals surface area contributed by atoms with Gasteiger partial charge >= 0.3 is 102 Å². The van der Waals surface area contributed by atoms with Crippen molar-refractivity contribution in [1.82, 2.24) is 4.98 Å². The van der Waals surface area contributed by atoms with Gasteiger partial charge in [-0.3, -0.25) is 0 Å². The van der Waals surface area contributed by atoms with Crippen LogP contribution in [0.4, 0.5) is 5.69 Å². The molecule has 0 unspecified atom stereocenters. The van der Waals surface area contributed by atoms with Crippen molar-refractivity contribution in [1.29, 1.82) is 0 Å². The maximum absolute atomic E-state index is 11.9. The number of para-hydroxylation sites is 1. The Kier molecular flexibility index (Phi) is 3.34. The first-order valence-electron chi connectivity index (χ1n) is 4.76. The Labute approximate surface area is 102 Å². The summed E-state index contributed by atoms with van der Waals surface area (Å²) < 4.78 is 0.607. The third-order valence-electron chi connectivity index (χ3n) is 2.05. The fraction of sp³-hybridized carbons (Fsp3) is 0. The minimum atomic E-state index is -0.159. The summed E-state index contributed by atoms with van der Waals surface area (Å²) in [5.41, 5.74) is 1.32. The van der Waals surface area contributed by atoms with E-state index in [4.69, 9.17) is 0 Å². The van der Waals surface area contributed by atoms with Crippen molar-refractivity contribution in [2.24, 2.45) is 0 Å². The first-order valence-corrected chi connectivity index (χ1v) is 5.61. The number of aromatic nitrogens is 1. The first-order chi connectivity index (χ1) is 7.77. The van der Waals surface area contributed by atoms with Crippen molar-refractivity contribution >= 4 is 32.2 Å². The Balaban J connectivity index is 2.19. The van der Waals surface area contributed by atoms with Crippen LogP contribution in [0.25, 0.3) is 0 Å². The van der Waals surface area contributed by atoms with Gasteiger partial charge in [-0.05, 0) is 0 Å². The number of hydrogen-bond donors (Lipinski definition) is 1. The molecule has 1 aromatic carbocycles. The second-order valence-electron chi connectivity index (χ2n) is 3.18. The van der Waals surface area contributed by atoms with Gasteiger partial charge in [-0.25, -0.2) is 0 Å². The molecule has 0 atom stereocenters. The molecule has 16 heavy (non-hydrogen) atoms. The van der Waals surface area contributed by atoms with Gasteiger partial charge < -0.3 is 0 Å². The fourth-order valence-corrected chi connectivity index (χ4v) is 1.75. The van der Waals surface area contributed by atoms with E-state index in [0.717, 1.165) is 5.69 Å². The minimum absolute atomic E-state index is 0.159. The zero-order valence-electron chi connectivity index (χ0n) is 8.38. The van der Waals surface area contributed by atoms with Crippen LogP contribution in [0.15, 0.2) is 48.7 Å². The molecule has 0 aliphatic rings. The van der Waals surface area contributed by atoms with Gasteiger partial charge in [0.05, 0.1) is 0 Å². The van der Waals surface area contributed by atoms with E-state index in [1.165, 1.54) is 0 Å². The van der Waals surface area contributed by atoms with E-state index >= 15 is 0 Å². The molecule has 0 saturated carbocycles. The van der Waals surface area contributed by atoms with Crippen LogP contribution in [0.3, 0.4) is 0 Å². The van der Waals surface area contributed by atoms with Gasteiger partial charge in [0.15, 0.2) is 0 Å². The Morgan fingerprint density at radius 1 is 1.12 bits per heavy atom. The van der Waals surface area contributed by atoms with Crippen molar-refractivity contribution in [2.75, 3.05) is 5.32 Å². The number of carbonyl (C=O) groups is 1. The summed E-state index contributed by atoms with van der Waals surface area (Å²) in [6, 6.07) is 12.8. The Hall–Kier alpha value is -1.64. The molecule has 3 nitrogen and oxygen atoms in total. The summed E-state index contributed by atoms with van der Waals surface area (Å²) in [6.45, 7) is 0. The van der Waals surface area contributed by atoms with Crippen LogP contribution in [-0.2, 0) is 0 Å². The second-order valence-corrected chi connectivity index (χ2v) is 3.99. The number of pyridine rings is 1. The summed E-state index contributed by atoms with van der Waals surface area (Å²) in [6.07, 6.45) is 1.64. The molecular formula is C12H9N2OSe. The quantitative estimate of drug-likeness (QED) is 0.835. The van der Waals surface area contributed by atoms with E-state index in [-0.39, 0.29) is 5.91 Å². The Morgan fingerprint density at radius 3 is 2.56 bits per heavy atom. The van der Waals surface area contributed by atoms with Crippen LogP contribution in [0.1, 0.15) is 10.4 Å². The zero-order valence-corrected chi connectivity index (χ0v) is 10.1. The zero-order chi connectivity index (χ0) is 11.4. The average molecular weight is 276 g/mol. The molecule has 2 rings (SSSR count). The van der Waals surface area contributed by atoms with Crippen LogP contribution in [0.2, 0.25) is 0 Å². The predicted octanol–water partition coefficient (Wildman–Crippen LogP) is 1.13. The Bertz CT molecular complexity index is 499. The van der Waals surface area contributed by atoms with E-state index in [1.54, 1.807) is 18.3 Å². The number of amides is 1. The van der Waals surface area contributed by atoms with Crippen LogP contribution in [-0.4, -0.2) is 26.9 Å². The normalized spacial score (nSPS) is 9.75. The van der Waals surface area contributed by atoms with Gasteiger partial charge in [0.2, 0.25) is 0 Å². The van der Waals surface area contributed by atoms with Crippen molar-refractivity contribution in [3.8, 4) is 0 Å². The number of carbonyl (C=O) groups excluding carboxylic acids is 1. The molecule has 0 aliphatic heterocycles. The third kappa shape index (κ3) is 2.48. The van der Waals surface area contributed by atoms with Gasteiger partial charge in [-0.15, -0.1) is 0 Å². The van der Waals surface area contributed by atoms with Crippen molar-refractivity contribution < 1.29 is 4.79 Å². The SMILES string of the molecule is O=C(Nc1ccccc1)c1cccnc1[Se]. The topological polar surface area (TPSA) is 42.0 Å². The molecule has 1 aromatic heterocycles. The molecule has 1 heterocycles. The molecule has 4 heteroatoms. The molecule has 1 radical (unpaired) electrons. The van der Waals surface area contributed by atoms with E-state index in [1.807, 2.05) is 30.3 Å². The van der Waals surface area contributed by atoms with Crippen molar-refractivity contribution in [2.45, 2.75) is 0 Å². The average Bonchev–Trinajstić information content (AvgIpc) is 2.31. The van der Waals surface area contributed by atoms with Gasteiger partial charge in [0.25, 0.3) is 0 Å². The van der Waals surface area contributed by atoms with Crippen molar-refractivity contribution in [3.05, 3.63) is 54.2 Å². The summed E-state index contributed by atoms with van der Waals surface area (Å²) in [5.74, 6) is -0.159. The molecule has 0 saturated heterocycles. The third-order valence-corrected chi connectivity index (χ3v) is 2.73. The Morgan fingerprint density at radius 2 is 1.88 bits per heavy atom. The molecule has 0 fully saturated rings. The van der Waals surface area contributed by atoms with Crippen LogP contribution in [0.5, 0.6) is 0 Å². The molecule has 79 valence electrons. The van der Waals surface area contributed by atoms with Gasteiger partial charge in [0, 0.05) is 0 Å². The molecule has 2 aromatic rings. The summed E-state index contributed by atoms with van der Waals surface area (Å²) in [7, 11) is 0. The van der Waals surface area contributed by atoms with E-state index in [0.29, 0.717) is 10.2 Å². The molecule has 1 amide bonds. The van der Waals surface area contributed by atoms with Crippen LogP contribution in [0, 0.1) is 0 Å². The standard InChI is InChI=1S/C12H9N2OSe/c15-11(10-7-4-8-13-12(10)16)14-9-5-2-1-3-6-9/h1-8H,(H,14,15). The molecule has 0 spiro atoms. The van der Waals surface area contributed by atoms with Gasteiger partial charge in [-0.2, -0.15) is 0 Å². The predicted molar refractivity (Wildman–Crippen MR) is 64.0 cm³/mol. The molecule has 0 aliphatic carbocycles. The molecule has 1 N–H and O–H groups in total. The maximum atomic E-state index is 11.9. The number of hydrogen-bond acceptors (Lipinski definition) is 2. The second kappa shape index (κ2) is 4.92. The first kappa shape index (κ1) is 10.9. The monoisotopic (exact) mass is 277 g/mol.